The van der Waals surface area contributed by atoms with E-state index in [-0.39, 0.29) is 10.7 Å². The molecule has 2 heterocycles. The highest BCUT2D eigenvalue weighted by atomic mass is 79.9. The number of rotatable bonds is 3. The first-order chi connectivity index (χ1) is 13.9. The fourth-order valence-corrected chi connectivity index (χ4v) is 3.78. The molecule has 0 radical (unpaired) electrons. The van der Waals surface area contributed by atoms with Gasteiger partial charge >= 0.3 is 0 Å². The van der Waals surface area contributed by atoms with Crippen LogP contribution in [0, 0.1) is 0 Å². The summed E-state index contributed by atoms with van der Waals surface area (Å²) in [6, 6.07) is 18.2. The highest BCUT2D eigenvalue weighted by Crippen LogP contribution is 2.27. The van der Waals surface area contributed by atoms with Crippen molar-refractivity contribution in [3.05, 3.63) is 80.9 Å². The molecule has 0 bridgehead atoms. The Morgan fingerprint density at radius 1 is 0.966 bits per heavy atom. The van der Waals surface area contributed by atoms with Crippen LogP contribution in [-0.4, -0.2) is 16.9 Å². The van der Waals surface area contributed by atoms with Crippen LogP contribution in [-0.2, 0) is 9.59 Å². The van der Waals surface area contributed by atoms with Gasteiger partial charge < -0.3 is 4.42 Å². The van der Waals surface area contributed by atoms with Gasteiger partial charge in [0.05, 0.1) is 5.69 Å². The second kappa shape index (κ2) is 8.06. The molecule has 2 aromatic carbocycles. The van der Waals surface area contributed by atoms with Crippen molar-refractivity contribution < 1.29 is 14.0 Å². The lowest BCUT2D eigenvalue weighted by molar-refractivity contribution is -0.122. The number of carbonyl (C=O) groups excluding carboxylic acids is 2. The average Bonchev–Trinajstić information content (AvgIpc) is 3.14. The standard InChI is InChI=1S/C21H12Br2N2O3S/c22-13-6-4-12(5-7-13)18-9-8-16(28-18)11-17-19(26)24-21(29)25(20(17)27)15-3-1-2-14(23)10-15/h1-11H,(H,24,26,29)/b17-11-. The van der Waals surface area contributed by atoms with E-state index in [1.54, 1.807) is 30.3 Å². The van der Waals surface area contributed by atoms with Gasteiger partial charge in [-0.25, -0.2) is 0 Å². The number of hydrogen-bond acceptors (Lipinski definition) is 4. The zero-order chi connectivity index (χ0) is 20.5. The molecule has 1 aliphatic rings. The minimum absolute atomic E-state index is 0.0326. The lowest BCUT2D eigenvalue weighted by atomic mass is 10.1. The molecule has 144 valence electrons. The maximum absolute atomic E-state index is 13.0. The molecule has 1 aliphatic heterocycles. The third-order valence-corrected chi connectivity index (χ3v) is 5.52. The first kappa shape index (κ1) is 19.8. The minimum Gasteiger partial charge on any atom is -0.457 e. The number of hydrogen-bond donors (Lipinski definition) is 1. The first-order valence-corrected chi connectivity index (χ1v) is 10.4. The van der Waals surface area contributed by atoms with E-state index >= 15 is 0 Å². The van der Waals surface area contributed by atoms with E-state index in [1.165, 1.54) is 11.0 Å². The molecule has 1 N–H and O–H groups in total. The first-order valence-electron chi connectivity index (χ1n) is 8.45. The van der Waals surface area contributed by atoms with Crippen LogP contribution < -0.4 is 10.2 Å². The Hall–Kier alpha value is -2.55. The van der Waals surface area contributed by atoms with Crippen molar-refractivity contribution in [2.24, 2.45) is 0 Å². The molecule has 0 unspecified atom stereocenters. The number of halogens is 2. The largest absolute Gasteiger partial charge is 0.457 e. The van der Waals surface area contributed by atoms with Crippen molar-refractivity contribution in [2.75, 3.05) is 4.90 Å². The highest BCUT2D eigenvalue weighted by molar-refractivity contribution is 9.10. The molecule has 2 amide bonds. The van der Waals surface area contributed by atoms with Crippen LogP contribution in [0.5, 0.6) is 0 Å². The summed E-state index contributed by atoms with van der Waals surface area (Å²) in [6.45, 7) is 0. The molecule has 0 aliphatic carbocycles. The fraction of sp³-hybridized carbons (Fsp3) is 0. The average molecular weight is 532 g/mol. The molecule has 0 saturated carbocycles. The number of furan rings is 1. The minimum atomic E-state index is -0.562. The van der Waals surface area contributed by atoms with Gasteiger partial charge in [-0.05, 0) is 60.8 Å². The molecule has 3 aromatic rings. The van der Waals surface area contributed by atoms with Crippen molar-refractivity contribution in [1.29, 1.82) is 0 Å². The third kappa shape index (κ3) is 4.10. The Morgan fingerprint density at radius 2 is 1.72 bits per heavy atom. The van der Waals surface area contributed by atoms with Gasteiger partial charge in [0, 0.05) is 14.5 Å². The summed E-state index contributed by atoms with van der Waals surface area (Å²) < 4.78 is 7.56. The molecule has 0 atom stereocenters. The van der Waals surface area contributed by atoms with Gasteiger partial charge in [0.15, 0.2) is 5.11 Å². The third-order valence-electron chi connectivity index (χ3n) is 4.21. The molecule has 4 rings (SSSR count). The van der Waals surface area contributed by atoms with E-state index < -0.39 is 11.8 Å². The van der Waals surface area contributed by atoms with Crippen LogP contribution in [0.25, 0.3) is 17.4 Å². The summed E-state index contributed by atoms with van der Waals surface area (Å²) in [6.07, 6.45) is 1.42. The van der Waals surface area contributed by atoms with E-state index in [2.05, 4.69) is 37.2 Å². The van der Waals surface area contributed by atoms with Crippen LogP contribution >= 0.6 is 44.1 Å². The molecular formula is C21H12Br2N2O3S. The molecule has 29 heavy (non-hydrogen) atoms. The van der Waals surface area contributed by atoms with Crippen molar-refractivity contribution in [2.45, 2.75) is 0 Å². The van der Waals surface area contributed by atoms with Gasteiger partial charge in [-0.2, -0.15) is 0 Å². The molecule has 1 fully saturated rings. The van der Waals surface area contributed by atoms with Crippen molar-refractivity contribution >= 4 is 72.8 Å². The highest BCUT2D eigenvalue weighted by Gasteiger charge is 2.34. The second-order valence-corrected chi connectivity index (χ2v) is 8.36. The summed E-state index contributed by atoms with van der Waals surface area (Å²) in [5, 5.41) is 2.59. The van der Waals surface area contributed by atoms with Crippen LogP contribution in [0.1, 0.15) is 5.76 Å². The van der Waals surface area contributed by atoms with Crippen LogP contribution in [0.4, 0.5) is 5.69 Å². The van der Waals surface area contributed by atoms with Crippen LogP contribution in [0.2, 0.25) is 0 Å². The summed E-state index contributed by atoms with van der Waals surface area (Å²) >= 11 is 12.0. The SMILES string of the molecule is O=C1NC(=S)N(c2cccc(Br)c2)C(=O)/C1=C\c1ccc(-c2ccc(Br)cc2)o1. The van der Waals surface area contributed by atoms with E-state index in [9.17, 15) is 9.59 Å². The Labute approximate surface area is 188 Å². The van der Waals surface area contributed by atoms with Crippen molar-refractivity contribution in [3.63, 3.8) is 0 Å². The molecule has 0 spiro atoms. The number of nitrogens with one attached hydrogen (secondary N) is 1. The zero-order valence-electron chi connectivity index (χ0n) is 14.7. The Kier molecular flexibility index (Phi) is 5.49. The predicted octanol–water partition coefficient (Wildman–Crippen LogP) is 5.30. The normalized spacial score (nSPS) is 15.7. The van der Waals surface area contributed by atoms with Gasteiger partial charge in [-0.3, -0.25) is 19.8 Å². The zero-order valence-corrected chi connectivity index (χ0v) is 18.7. The quantitative estimate of drug-likeness (QED) is 0.283. The Balaban J connectivity index is 1.67. The lowest BCUT2D eigenvalue weighted by Crippen LogP contribution is -2.54. The van der Waals surface area contributed by atoms with E-state index in [4.69, 9.17) is 16.6 Å². The Bertz CT molecular complexity index is 1170. The smallest absolute Gasteiger partial charge is 0.270 e. The van der Waals surface area contributed by atoms with Gasteiger partial charge in [0.1, 0.15) is 17.1 Å². The van der Waals surface area contributed by atoms with Gasteiger partial charge in [0.2, 0.25) is 0 Å². The molecule has 5 nitrogen and oxygen atoms in total. The molecule has 1 saturated heterocycles. The van der Waals surface area contributed by atoms with E-state index in [1.807, 2.05) is 30.3 Å². The van der Waals surface area contributed by atoms with Gasteiger partial charge in [-0.15, -0.1) is 0 Å². The van der Waals surface area contributed by atoms with E-state index in [0.29, 0.717) is 17.2 Å². The number of thiocarbonyl (C=S) groups is 1. The Morgan fingerprint density at radius 3 is 2.45 bits per heavy atom. The maximum atomic E-state index is 13.0. The summed E-state index contributed by atoms with van der Waals surface area (Å²) in [5.74, 6) is -0.0536. The number of benzene rings is 2. The van der Waals surface area contributed by atoms with E-state index in [0.717, 1.165) is 14.5 Å². The molecule has 8 heteroatoms. The van der Waals surface area contributed by atoms with Gasteiger partial charge in [0.25, 0.3) is 11.8 Å². The summed E-state index contributed by atoms with van der Waals surface area (Å²) in [4.78, 5) is 26.7. The van der Waals surface area contributed by atoms with Crippen LogP contribution in [0.3, 0.4) is 0 Å². The number of amides is 2. The summed E-state index contributed by atoms with van der Waals surface area (Å²) in [7, 11) is 0. The van der Waals surface area contributed by atoms with Crippen LogP contribution in [0.15, 0.2) is 79.6 Å². The number of nitrogens with zero attached hydrogens (tertiary/aromatic N) is 1. The predicted molar refractivity (Wildman–Crippen MR) is 122 cm³/mol. The number of carbonyl (C=O) groups is 2. The fourth-order valence-electron chi connectivity index (χ4n) is 2.85. The molecule has 1 aromatic heterocycles. The summed E-state index contributed by atoms with van der Waals surface area (Å²) in [5.41, 5.74) is 1.37. The number of anilines is 1. The van der Waals surface area contributed by atoms with Gasteiger partial charge in [-0.1, -0.05) is 50.1 Å². The lowest BCUT2D eigenvalue weighted by Gasteiger charge is -2.28. The van der Waals surface area contributed by atoms with Crippen molar-refractivity contribution in [1.82, 2.24) is 5.32 Å². The topological polar surface area (TPSA) is 62.6 Å². The second-order valence-electron chi connectivity index (χ2n) is 6.15. The van der Waals surface area contributed by atoms with Crippen molar-refractivity contribution in [3.8, 4) is 11.3 Å². The maximum Gasteiger partial charge on any atom is 0.270 e. The molecular weight excluding hydrogens is 520 g/mol. The monoisotopic (exact) mass is 530 g/mol.